The normalized spacial score (nSPS) is 16.1. The van der Waals surface area contributed by atoms with Gasteiger partial charge in [-0.25, -0.2) is 0 Å². The Bertz CT molecular complexity index is 1110. The Labute approximate surface area is 211 Å². The number of methoxy groups -OCH3 is 1. The summed E-state index contributed by atoms with van der Waals surface area (Å²) in [4.78, 5) is 21.2. The molecule has 1 N–H and O–H groups in total. The molecule has 0 amide bonds. The summed E-state index contributed by atoms with van der Waals surface area (Å²) in [6.45, 7) is 8.88. The molecule has 2 aliphatic rings. The highest BCUT2D eigenvalue weighted by atomic mass is 16.5. The summed E-state index contributed by atoms with van der Waals surface area (Å²) in [5, 5.41) is 3.35. The maximum absolute atomic E-state index is 5.56. The molecule has 36 heavy (non-hydrogen) atoms. The van der Waals surface area contributed by atoms with E-state index in [1.54, 1.807) is 7.11 Å². The SMILES string of the molecule is CCOc1ccc(Nc2nc(N3CCOCC3)nc(N3CCN(c4ccc(OC)cc4)CC3)n2)cc1. The Morgan fingerprint density at radius 2 is 1.33 bits per heavy atom. The lowest BCUT2D eigenvalue weighted by molar-refractivity contribution is 0.122. The van der Waals surface area contributed by atoms with Crippen molar-refractivity contribution in [1.29, 1.82) is 0 Å². The Morgan fingerprint density at radius 1 is 0.750 bits per heavy atom. The third-order valence-electron chi connectivity index (χ3n) is 6.33. The van der Waals surface area contributed by atoms with Crippen LogP contribution >= 0.6 is 0 Å². The minimum Gasteiger partial charge on any atom is -0.497 e. The van der Waals surface area contributed by atoms with Gasteiger partial charge in [-0.2, -0.15) is 15.0 Å². The topological polar surface area (TPSA) is 88.1 Å². The van der Waals surface area contributed by atoms with E-state index in [1.165, 1.54) is 5.69 Å². The first-order chi connectivity index (χ1) is 17.7. The van der Waals surface area contributed by atoms with E-state index in [2.05, 4.69) is 32.1 Å². The van der Waals surface area contributed by atoms with E-state index in [1.807, 2.05) is 43.3 Å². The van der Waals surface area contributed by atoms with Gasteiger partial charge in [-0.05, 0) is 55.5 Å². The van der Waals surface area contributed by atoms with Gasteiger partial charge in [0.1, 0.15) is 11.5 Å². The number of hydrogen-bond acceptors (Lipinski definition) is 10. The third-order valence-corrected chi connectivity index (χ3v) is 6.33. The molecule has 0 radical (unpaired) electrons. The van der Waals surface area contributed by atoms with Gasteiger partial charge in [-0.15, -0.1) is 0 Å². The molecule has 10 nitrogen and oxygen atoms in total. The number of morpholine rings is 1. The predicted molar refractivity (Wildman–Crippen MR) is 141 cm³/mol. The second-order valence-corrected chi connectivity index (χ2v) is 8.61. The summed E-state index contributed by atoms with van der Waals surface area (Å²) in [7, 11) is 1.69. The Hall–Kier alpha value is -3.79. The number of rotatable bonds is 8. The van der Waals surface area contributed by atoms with Crippen LogP contribution in [0, 0.1) is 0 Å². The summed E-state index contributed by atoms with van der Waals surface area (Å²) in [6, 6.07) is 16.0. The molecule has 0 bridgehead atoms. The highest BCUT2D eigenvalue weighted by Gasteiger charge is 2.23. The predicted octanol–water partition coefficient (Wildman–Crippen LogP) is 3.19. The molecule has 0 saturated carbocycles. The lowest BCUT2D eigenvalue weighted by atomic mass is 10.2. The van der Waals surface area contributed by atoms with E-state index in [0.29, 0.717) is 37.7 Å². The molecule has 2 fully saturated rings. The first-order valence-electron chi connectivity index (χ1n) is 12.4. The smallest absolute Gasteiger partial charge is 0.233 e. The quantitative estimate of drug-likeness (QED) is 0.507. The monoisotopic (exact) mass is 491 g/mol. The molecule has 2 aromatic carbocycles. The van der Waals surface area contributed by atoms with Gasteiger partial charge >= 0.3 is 0 Å². The van der Waals surface area contributed by atoms with Crippen LogP contribution in [-0.2, 0) is 4.74 Å². The molecule has 1 aromatic heterocycles. The molecular formula is C26H33N7O3. The summed E-state index contributed by atoms with van der Waals surface area (Å²) < 4.78 is 16.4. The van der Waals surface area contributed by atoms with Crippen LogP contribution in [0.2, 0.25) is 0 Å². The van der Waals surface area contributed by atoms with Crippen molar-refractivity contribution in [2.45, 2.75) is 6.92 Å². The molecule has 3 heterocycles. The first-order valence-corrected chi connectivity index (χ1v) is 12.4. The van der Waals surface area contributed by atoms with Crippen molar-refractivity contribution in [2.75, 3.05) is 86.2 Å². The van der Waals surface area contributed by atoms with Crippen molar-refractivity contribution in [3.05, 3.63) is 48.5 Å². The van der Waals surface area contributed by atoms with Crippen LogP contribution in [0.15, 0.2) is 48.5 Å². The van der Waals surface area contributed by atoms with Crippen LogP contribution in [0.4, 0.5) is 29.2 Å². The Kier molecular flexibility index (Phi) is 7.51. The summed E-state index contributed by atoms with van der Waals surface area (Å²) >= 11 is 0. The van der Waals surface area contributed by atoms with Crippen molar-refractivity contribution < 1.29 is 14.2 Å². The fraction of sp³-hybridized carbons (Fsp3) is 0.423. The van der Waals surface area contributed by atoms with Gasteiger partial charge in [0, 0.05) is 50.6 Å². The highest BCUT2D eigenvalue weighted by molar-refractivity contribution is 5.58. The fourth-order valence-corrected chi connectivity index (χ4v) is 4.34. The average molecular weight is 492 g/mol. The van der Waals surface area contributed by atoms with E-state index >= 15 is 0 Å². The standard InChI is InChI=1S/C26H33N7O3/c1-3-36-23-8-4-20(5-9-23)27-24-28-25(30-26(29-24)33-16-18-35-19-17-33)32-14-12-31(13-15-32)21-6-10-22(34-2)11-7-21/h4-11H,3,12-19H2,1-2H3,(H,27,28,29,30). The molecule has 2 saturated heterocycles. The Morgan fingerprint density at radius 3 is 1.94 bits per heavy atom. The van der Waals surface area contributed by atoms with Crippen molar-refractivity contribution >= 4 is 29.2 Å². The van der Waals surface area contributed by atoms with Gasteiger partial charge in [0.25, 0.3) is 0 Å². The maximum atomic E-state index is 5.56. The van der Waals surface area contributed by atoms with E-state index in [9.17, 15) is 0 Å². The van der Waals surface area contributed by atoms with Gasteiger partial charge in [-0.3, -0.25) is 0 Å². The summed E-state index contributed by atoms with van der Waals surface area (Å²) in [5.41, 5.74) is 2.09. The molecule has 3 aromatic rings. The molecule has 190 valence electrons. The van der Waals surface area contributed by atoms with Crippen LogP contribution in [0.3, 0.4) is 0 Å². The van der Waals surface area contributed by atoms with Crippen molar-refractivity contribution in [1.82, 2.24) is 15.0 Å². The number of ether oxygens (including phenoxy) is 3. The van der Waals surface area contributed by atoms with Crippen LogP contribution in [0.1, 0.15) is 6.92 Å². The molecule has 0 unspecified atom stereocenters. The number of benzene rings is 2. The van der Waals surface area contributed by atoms with E-state index < -0.39 is 0 Å². The molecule has 0 aliphatic carbocycles. The molecule has 2 aliphatic heterocycles. The lowest BCUT2D eigenvalue weighted by Gasteiger charge is -2.36. The fourth-order valence-electron chi connectivity index (χ4n) is 4.34. The zero-order valence-corrected chi connectivity index (χ0v) is 20.9. The highest BCUT2D eigenvalue weighted by Crippen LogP contribution is 2.25. The number of aromatic nitrogens is 3. The number of hydrogen-bond donors (Lipinski definition) is 1. The largest absolute Gasteiger partial charge is 0.497 e. The third kappa shape index (κ3) is 5.71. The van der Waals surface area contributed by atoms with Crippen molar-refractivity contribution in [3.8, 4) is 11.5 Å². The lowest BCUT2D eigenvalue weighted by Crippen LogP contribution is -2.47. The van der Waals surface area contributed by atoms with Gasteiger partial charge in [0.15, 0.2) is 0 Å². The number of anilines is 5. The van der Waals surface area contributed by atoms with Crippen LogP contribution in [0.5, 0.6) is 11.5 Å². The second kappa shape index (κ2) is 11.3. The van der Waals surface area contributed by atoms with E-state index in [-0.39, 0.29) is 0 Å². The molecular weight excluding hydrogens is 458 g/mol. The van der Waals surface area contributed by atoms with Gasteiger partial charge in [0.2, 0.25) is 17.8 Å². The molecule has 10 heteroatoms. The van der Waals surface area contributed by atoms with E-state index in [4.69, 9.17) is 29.2 Å². The molecule has 0 spiro atoms. The molecule has 0 atom stereocenters. The van der Waals surface area contributed by atoms with E-state index in [0.717, 1.165) is 56.5 Å². The zero-order valence-electron chi connectivity index (χ0n) is 20.9. The van der Waals surface area contributed by atoms with Gasteiger partial charge < -0.3 is 34.2 Å². The Balaban J connectivity index is 1.33. The van der Waals surface area contributed by atoms with Gasteiger partial charge in [0.05, 0.1) is 26.9 Å². The van der Waals surface area contributed by atoms with Crippen LogP contribution in [0.25, 0.3) is 0 Å². The second-order valence-electron chi connectivity index (χ2n) is 8.61. The minimum absolute atomic E-state index is 0.531. The summed E-state index contributed by atoms with van der Waals surface area (Å²) in [6.07, 6.45) is 0. The van der Waals surface area contributed by atoms with Gasteiger partial charge in [-0.1, -0.05) is 0 Å². The minimum atomic E-state index is 0.531. The number of nitrogens with zero attached hydrogens (tertiary/aromatic N) is 6. The number of nitrogens with one attached hydrogen (secondary N) is 1. The summed E-state index contributed by atoms with van der Waals surface area (Å²) in [5.74, 6) is 3.60. The van der Waals surface area contributed by atoms with Crippen molar-refractivity contribution in [3.63, 3.8) is 0 Å². The first kappa shape index (κ1) is 23.9. The number of piperazine rings is 1. The molecule has 5 rings (SSSR count). The average Bonchev–Trinajstić information content (AvgIpc) is 2.95. The zero-order chi connectivity index (χ0) is 24.7. The van der Waals surface area contributed by atoms with Crippen LogP contribution < -0.4 is 29.5 Å². The van der Waals surface area contributed by atoms with Crippen LogP contribution in [-0.4, -0.2) is 81.2 Å². The van der Waals surface area contributed by atoms with Crippen molar-refractivity contribution in [2.24, 2.45) is 0 Å². The maximum Gasteiger partial charge on any atom is 0.233 e.